The van der Waals surface area contributed by atoms with Crippen molar-refractivity contribution in [1.29, 1.82) is 0 Å². The zero-order chi connectivity index (χ0) is 38.9. The Morgan fingerprint density at radius 2 is 0.797 bits per heavy atom. The maximum Gasteiger partial charge on any atom is 0.164 e. The van der Waals surface area contributed by atoms with Gasteiger partial charge in [0.05, 0.1) is 11.0 Å². The molecule has 0 aliphatic rings. The lowest BCUT2D eigenvalue weighted by atomic mass is 9.92. The largest absolute Gasteiger partial charge is 0.309 e. The molecular formula is C55H34N4. The lowest BCUT2D eigenvalue weighted by molar-refractivity contribution is 1.07. The summed E-state index contributed by atoms with van der Waals surface area (Å²) in [4.78, 5) is 15.2. The first-order chi connectivity index (χ1) is 29.3. The van der Waals surface area contributed by atoms with Crippen molar-refractivity contribution in [2.75, 3.05) is 0 Å². The Balaban J connectivity index is 1.16. The van der Waals surface area contributed by atoms with Crippen molar-refractivity contribution < 1.29 is 0 Å². The van der Waals surface area contributed by atoms with Gasteiger partial charge in [0.25, 0.3) is 0 Å². The molecule has 4 heteroatoms. The number of nitrogens with zero attached hydrogens (tertiary/aromatic N) is 4. The highest BCUT2D eigenvalue weighted by Gasteiger charge is 2.21. The monoisotopic (exact) mass is 750 g/mol. The molecule has 274 valence electrons. The summed E-state index contributed by atoms with van der Waals surface area (Å²) >= 11 is 0. The first-order valence-electron chi connectivity index (χ1n) is 20.0. The standard InChI is InChI=1S/C55H34N4/c1-3-17-36(18-4-1)53-56-54(37-19-5-2-6-20-37)58-55(57-53)39-23-13-24-40(32-39)59-50-33-38-22-15-31-45(42-30-14-21-35-16-7-8-25-41(35)42)48(38)34-49(50)51-46-28-11-9-26-43(46)44-27-10-12-29-47(44)52(51)59/h1-34H. The predicted molar refractivity (Wildman–Crippen MR) is 246 cm³/mol. The molecule has 10 aromatic carbocycles. The molecule has 0 fully saturated rings. The van der Waals surface area contributed by atoms with Gasteiger partial charge in [-0.15, -0.1) is 0 Å². The molecule has 0 atom stereocenters. The molecule has 0 aliphatic heterocycles. The van der Waals surface area contributed by atoms with Gasteiger partial charge in [-0.25, -0.2) is 15.0 Å². The third-order valence-corrected chi connectivity index (χ3v) is 11.8. The maximum atomic E-state index is 5.11. The summed E-state index contributed by atoms with van der Waals surface area (Å²) in [6.07, 6.45) is 0. The van der Waals surface area contributed by atoms with Crippen LogP contribution < -0.4 is 0 Å². The SMILES string of the molecule is c1ccc(-c2nc(-c3ccccc3)nc(-c3cccc(-n4c5cc6cccc(-c7cccc8ccccc78)c6cc5c5c6ccccc6c6ccccc6c54)c3)n2)cc1. The summed E-state index contributed by atoms with van der Waals surface area (Å²) in [7, 11) is 0. The fourth-order valence-corrected chi connectivity index (χ4v) is 9.13. The van der Waals surface area contributed by atoms with Gasteiger partial charge in [-0.05, 0) is 73.1 Å². The zero-order valence-corrected chi connectivity index (χ0v) is 31.9. The van der Waals surface area contributed by atoms with Crippen LogP contribution >= 0.6 is 0 Å². The molecule has 0 spiro atoms. The van der Waals surface area contributed by atoms with E-state index in [4.69, 9.17) is 15.0 Å². The van der Waals surface area contributed by atoms with Crippen molar-refractivity contribution in [1.82, 2.24) is 19.5 Å². The van der Waals surface area contributed by atoms with E-state index in [2.05, 4.69) is 150 Å². The number of benzene rings is 10. The van der Waals surface area contributed by atoms with Crippen molar-refractivity contribution in [2.45, 2.75) is 0 Å². The first-order valence-corrected chi connectivity index (χ1v) is 20.0. The van der Waals surface area contributed by atoms with Crippen LogP contribution in [0.25, 0.3) is 116 Å². The lowest BCUT2D eigenvalue weighted by Crippen LogP contribution is -2.01. The normalized spacial score (nSPS) is 11.7. The molecule has 2 heterocycles. The second-order valence-corrected chi connectivity index (χ2v) is 15.2. The van der Waals surface area contributed by atoms with Gasteiger partial charge in [-0.3, -0.25) is 0 Å². The van der Waals surface area contributed by atoms with Crippen molar-refractivity contribution in [2.24, 2.45) is 0 Å². The molecule has 0 radical (unpaired) electrons. The Morgan fingerprint density at radius 1 is 0.305 bits per heavy atom. The van der Waals surface area contributed by atoms with Crippen LogP contribution in [0.4, 0.5) is 0 Å². The Labute approximate surface area is 340 Å². The number of rotatable bonds is 5. The fourth-order valence-electron chi connectivity index (χ4n) is 9.13. The highest BCUT2D eigenvalue weighted by molar-refractivity contribution is 6.33. The summed E-state index contributed by atoms with van der Waals surface area (Å²) in [5.74, 6) is 1.91. The van der Waals surface area contributed by atoms with Crippen LogP contribution in [-0.2, 0) is 0 Å². The fraction of sp³-hybridized carbons (Fsp3) is 0. The second-order valence-electron chi connectivity index (χ2n) is 15.2. The first kappa shape index (κ1) is 33.2. The number of hydrogen-bond donors (Lipinski definition) is 0. The molecule has 0 N–H and O–H groups in total. The van der Waals surface area contributed by atoms with Crippen LogP contribution in [0.15, 0.2) is 206 Å². The molecule has 59 heavy (non-hydrogen) atoms. The molecule has 12 aromatic rings. The van der Waals surface area contributed by atoms with E-state index in [9.17, 15) is 0 Å². The summed E-state index contributed by atoms with van der Waals surface area (Å²) in [6.45, 7) is 0. The molecule has 2 aromatic heterocycles. The Morgan fingerprint density at radius 3 is 1.49 bits per heavy atom. The topological polar surface area (TPSA) is 43.6 Å². The molecule has 0 unspecified atom stereocenters. The van der Waals surface area contributed by atoms with E-state index in [0.717, 1.165) is 27.9 Å². The molecule has 12 rings (SSSR count). The van der Waals surface area contributed by atoms with Crippen LogP contribution in [0.1, 0.15) is 0 Å². The van der Waals surface area contributed by atoms with Gasteiger partial charge in [0.1, 0.15) is 0 Å². The highest BCUT2D eigenvalue weighted by Crippen LogP contribution is 2.45. The van der Waals surface area contributed by atoms with Crippen LogP contribution in [0, 0.1) is 0 Å². The minimum Gasteiger partial charge on any atom is -0.309 e. The van der Waals surface area contributed by atoms with E-state index in [0.29, 0.717) is 17.5 Å². The summed E-state index contributed by atoms with van der Waals surface area (Å²) in [6, 6.07) is 73.5. The van der Waals surface area contributed by atoms with Gasteiger partial charge in [-0.2, -0.15) is 0 Å². The maximum absolute atomic E-state index is 5.11. The average Bonchev–Trinajstić information content (AvgIpc) is 3.65. The highest BCUT2D eigenvalue weighted by atomic mass is 15.0. The predicted octanol–water partition coefficient (Wildman–Crippen LogP) is 14.2. The van der Waals surface area contributed by atoms with Crippen LogP contribution in [0.3, 0.4) is 0 Å². The number of hydrogen-bond acceptors (Lipinski definition) is 3. The van der Waals surface area contributed by atoms with E-state index < -0.39 is 0 Å². The minimum atomic E-state index is 0.626. The number of aromatic nitrogens is 4. The van der Waals surface area contributed by atoms with Crippen molar-refractivity contribution in [3.05, 3.63) is 206 Å². The van der Waals surface area contributed by atoms with Gasteiger partial charge < -0.3 is 4.57 Å². The molecular weight excluding hydrogens is 717 g/mol. The minimum absolute atomic E-state index is 0.626. The summed E-state index contributed by atoms with van der Waals surface area (Å²) in [5.41, 5.74) is 8.63. The van der Waals surface area contributed by atoms with E-state index in [1.807, 2.05) is 60.7 Å². The van der Waals surface area contributed by atoms with Gasteiger partial charge in [0.2, 0.25) is 0 Å². The van der Waals surface area contributed by atoms with Crippen LogP contribution in [0.2, 0.25) is 0 Å². The molecule has 4 nitrogen and oxygen atoms in total. The summed E-state index contributed by atoms with van der Waals surface area (Å²) in [5, 5.41) is 12.3. The van der Waals surface area contributed by atoms with E-state index >= 15 is 0 Å². The molecule has 0 amide bonds. The van der Waals surface area contributed by atoms with E-state index in [1.54, 1.807) is 0 Å². The van der Waals surface area contributed by atoms with Crippen LogP contribution in [-0.4, -0.2) is 19.5 Å². The van der Waals surface area contributed by atoms with Gasteiger partial charge in [0.15, 0.2) is 17.5 Å². The quantitative estimate of drug-likeness (QED) is 0.165. The van der Waals surface area contributed by atoms with Crippen molar-refractivity contribution in [3.63, 3.8) is 0 Å². The second kappa shape index (κ2) is 13.3. The van der Waals surface area contributed by atoms with Gasteiger partial charge in [-0.1, -0.05) is 182 Å². The van der Waals surface area contributed by atoms with Gasteiger partial charge >= 0.3 is 0 Å². The molecule has 0 aliphatic carbocycles. The third kappa shape index (κ3) is 5.34. The molecule has 0 saturated heterocycles. The van der Waals surface area contributed by atoms with Crippen molar-refractivity contribution in [3.8, 4) is 51.0 Å². The Kier molecular flexibility index (Phi) is 7.50. The average molecular weight is 751 g/mol. The number of fused-ring (bicyclic) bond motifs is 10. The Hall–Kier alpha value is -7.95. The van der Waals surface area contributed by atoms with Crippen molar-refractivity contribution >= 4 is 64.9 Å². The Bertz CT molecular complexity index is 3540. The van der Waals surface area contributed by atoms with Crippen LogP contribution in [0.5, 0.6) is 0 Å². The zero-order valence-electron chi connectivity index (χ0n) is 31.9. The molecule has 0 saturated carbocycles. The molecule has 0 bridgehead atoms. The van der Waals surface area contributed by atoms with Gasteiger partial charge in [0, 0.05) is 38.5 Å². The summed E-state index contributed by atoms with van der Waals surface area (Å²) < 4.78 is 2.46. The third-order valence-electron chi connectivity index (χ3n) is 11.8. The van der Waals surface area contributed by atoms with E-state index in [-0.39, 0.29) is 0 Å². The lowest BCUT2D eigenvalue weighted by Gasteiger charge is -2.14. The smallest absolute Gasteiger partial charge is 0.164 e. The van der Waals surface area contributed by atoms with E-state index in [1.165, 1.54) is 70.5 Å².